The molecule has 0 N–H and O–H groups in total. The number of rotatable bonds is 3. The minimum Gasteiger partial charge on any atom is -0.298 e. The zero-order valence-corrected chi connectivity index (χ0v) is 10.3. The lowest BCUT2D eigenvalue weighted by atomic mass is 10.2. The number of benzene rings is 1. The van der Waals surface area contributed by atoms with Crippen LogP contribution in [-0.2, 0) is 0 Å². The quantitative estimate of drug-likeness (QED) is 0.561. The molecule has 0 aliphatic rings. The molecule has 1 aromatic heterocycles. The number of hydrogen-bond donors (Lipinski definition) is 0. The smallest absolute Gasteiger partial charge is 0.298 e. The zero-order valence-electron chi connectivity index (χ0n) is 7.31. The van der Waals surface area contributed by atoms with E-state index in [0.29, 0.717) is 0 Å². The minimum atomic E-state index is -0.0970. The van der Waals surface area contributed by atoms with E-state index >= 15 is 0 Å². The number of carbonyl (C=O) groups is 1. The van der Waals surface area contributed by atoms with Gasteiger partial charge in [-0.25, -0.2) is 0 Å². The molecule has 70 valence electrons. The average Bonchev–Trinajstić information content (AvgIpc) is 2.71. The third-order valence-corrected chi connectivity index (χ3v) is 5.79. The fraction of sp³-hybridized carbons (Fsp3) is 0. The Morgan fingerprint density at radius 1 is 1.21 bits per heavy atom. The van der Waals surface area contributed by atoms with Crippen LogP contribution in [0.15, 0.2) is 41.8 Å². The molecular weight excluding hydrogens is 307 g/mol. The molecule has 0 fully saturated rings. The zero-order chi connectivity index (χ0) is 9.80. The molecule has 1 nitrogen and oxygen atoms in total. The highest BCUT2D eigenvalue weighted by Gasteiger charge is 2.16. The molecule has 0 amide bonds. The largest absolute Gasteiger partial charge is 0.369 e. The summed E-state index contributed by atoms with van der Waals surface area (Å²) in [6, 6.07) is 12.1. The Balaban J connectivity index is 2.21. The van der Waals surface area contributed by atoms with E-state index in [0.717, 1.165) is 11.8 Å². The summed E-state index contributed by atoms with van der Waals surface area (Å²) in [5.74, 6) is 0. The molecule has 1 heterocycles. The SMILES string of the molecule is O=Cc1cccc([I+]c2cccs2)c1. The maximum absolute atomic E-state index is 10.6. The van der Waals surface area contributed by atoms with Gasteiger partial charge in [-0.05, 0) is 17.5 Å². The first-order valence-corrected chi connectivity index (χ1v) is 7.16. The monoisotopic (exact) mass is 315 g/mol. The molecule has 0 spiro atoms. The lowest BCUT2D eigenvalue weighted by molar-refractivity contribution is -0.591. The normalized spacial score (nSPS) is 10.0. The first-order chi connectivity index (χ1) is 6.88. The molecule has 0 radical (unpaired) electrons. The lowest BCUT2D eigenvalue weighted by Crippen LogP contribution is -3.61. The molecule has 0 unspecified atom stereocenters. The summed E-state index contributed by atoms with van der Waals surface area (Å²) in [5, 5.41) is 2.10. The lowest BCUT2D eigenvalue weighted by Gasteiger charge is -1.86. The maximum Gasteiger partial charge on any atom is 0.369 e. The van der Waals surface area contributed by atoms with Crippen molar-refractivity contribution in [1.82, 2.24) is 0 Å². The molecule has 2 aromatic rings. The Kier molecular flexibility index (Phi) is 3.31. The van der Waals surface area contributed by atoms with Gasteiger partial charge in [-0.1, -0.05) is 23.5 Å². The van der Waals surface area contributed by atoms with E-state index in [1.807, 2.05) is 18.2 Å². The highest BCUT2D eigenvalue weighted by atomic mass is 127. The number of aldehydes is 1. The number of thiophene rings is 1. The van der Waals surface area contributed by atoms with Crippen molar-refractivity contribution in [1.29, 1.82) is 0 Å². The van der Waals surface area contributed by atoms with Crippen LogP contribution in [-0.4, -0.2) is 6.29 Å². The third kappa shape index (κ3) is 2.42. The fourth-order valence-electron chi connectivity index (χ4n) is 1.06. The van der Waals surface area contributed by atoms with Crippen molar-refractivity contribution in [3.63, 3.8) is 0 Å². The van der Waals surface area contributed by atoms with E-state index in [-0.39, 0.29) is 21.2 Å². The van der Waals surface area contributed by atoms with E-state index in [9.17, 15) is 4.79 Å². The van der Waals surface area contributed by atoms with Crippen molar-refractivity contribution in [2.75, 3.05) is 0 Å². The molecule has 1 aromatic carbocycles. The van der Waals surface area contributed by atoms with Gasteiger partial charge >= 0.3 is 21.2 Å². The van der Waals surface area contributed by atoms with Gasteiger partial charge in [0.25, 0.3) is 0 Å². The van der Waals surface area contributed by atoms with Crippen LogP contribution in [0.1, 0.15) is 10.4 Å². The van der Waals surface area contributed by atoms with Crippen molar-refractivity contribution in [2.45, 2.75) is 0 Å². The summed E-state index contributed by atoms with van der Waals surface area (Å²) in [7, 11) is 0. The number of carbonyl (C=O) groups excluding carboxylic acids is 1. The summed E-state index contributed by atoms with van der Waals surface area (Å²) in [6.45, 7) is 0. The first kappa shape index (κ1) is 9.86. The van der Waals surface area contributed by atoms with Crippen LogP contribution in [0.3, 0.4) is 0 Å². The van der Waals surface area contributed by atoms with Crippen LogP contribution in [0.5, 0.6) is 0 Å². The molecule has 2 rings (SSSR count). The Labute approximate surface area is 97.0 Å². The second-order valence-electron chi connectivity index (χ2n) is 2.68. The van der Waals surface area contributed by atoms with Crippen molar-refractivity contribution in [3.05, 3.63) is 53.8 Å². The molecule has 0 saturated heterocycles. The molecule has 3 heteroatoms. The van der Waals surface area contributed by atoms with Crippen molar-refractivity contribution in [3.8, 4) is 0 Å². The Morgan fingerprint density at radius 2 is 2.14 bits per heavy atom. The van der Waals surface area contributed by atoms with Crippen LogP contribution >= 0.6 is 11.3 Å². The first-order valence-electron chi connectivity index (χ1n) is 4.12. The topological polar surface area (TPSA) is 17.1 Å². The van der Waals surface area contributed by atoms with Crippen LogP contribution in [0.4, 0.5) is 0 Å². The molecule has 0 aliphatic heterocycles. The minimum absolute atomic E-state index is 0.0970. The molecule has 0 aliphatic carbocycles. The highest BCUT2D eigenvalue weighted by Crippen LogP contribution is 1.96. The van der Waals surface area contributed by atoms with E-state index in [4.69, 9.17) is 0 Å². The van der Waals surface area contributed by atoms with Gasteiger partial charge in [0, 0.05) is 17.7 Å². The molecule has 0 atom stereocenters. The average molecular weight is 315 g/mol. The summed E-state index contributed by atoms with van der Waals surface area (Å²) >= 11 is 1.69. The predicted octanol–water partition coefficient (Wildman–Crippen LogP) is -0.311. The molecule has 0 saturated carbocycles. The van der Waals surface area contributed by atoms with Gasteiger partial charge < -0.3 is 0 Å². The van der Waals surface area contributed by atoms with Crippen molar-refractivity contribution in [2.24, 2.45) is 0 Å². The van der Waals surface area contributed by atoms with Gasteiger partial charge in [0.1, 0.15) is 6.29 Å². The van der Waals surface area contributed by atoms with Gasteiger partial charge in [0.15, 0.2) is 3.57 Å². The second-order valence-corrected chi connectivity index (χ2v) is 7.31. The van der Waals surface area contributed by atoms with Gasteiger partial charge in [-0.2, -0.15) is 0 Å². The van der Waals surface area contributed by atoms with Crippen LogP contribution in [0, 0.1) is 6.45 Å². The van der Waals surface area contributed by atoms with Gasteiger partial charge in [0.2, 0.25) is 2.88 Å². The van der Waals surface area contributed by atoms with Gasteiger partial charge in [-0.15, -0.1) is 0 Å². The highest BCUT2D eigenvalue weighted by molar-refractivity contribution is 7.07. The van der Waals surface area contributed by atoms with E-state index < -0.39 is 0 Å². The summed E-state index contributed by atoms with van der Waals surface area (Å²) < 4.78 is 2.74. The van der Waals surface area contributed by atoms with Crippen LogP contribution in [0.25, 0.3) is 0 Å². The van der Waals surface area contributed by atoms with Crippen molar-refractivity contribution >= 4 is 17.6 Å². The maximum atomic E-state index is 10.6. The standard InChI is InChI=1S/C11H8IOS/c13-8-9-3-1-4-10(7-9)12-11-5-2-6-14-11/h1-8H/q+1. The van der Waals surface area contributed by atoms with Crippen LogP contribution in [0.2, 0.25) is 0 Å². The van der Waals surface area contributed by atoms with Gasteiger partial charge in [-0.3, -0.25) is 4.79 Å². The van der Waals surface area contributed by atoms with Crippen molar-refractivity contribution < 1.29 is 26.0 Å². The molecule has 0 bridgehead atoms. The van der Waals surface area contributed by atoms with Crippen LogP contribution < -0.4 is 21.2 Å². The van der Waals surface area contributed by atoms with E-state index in [2.05, 4.69) is 23.6 Å². The number of halogens is 1. The second kappa shape index (κ2) is 4.70. The predicted molar refractivity (Wildman–Crippen MR) is 53.5 cm³/mol. The van der Waals surface area contributed by atoms with E-state index in [1.165, 1.54) is 6.45 Å². The molecule has 14 heavy (non-hydrogen) atoms. The fourth-order valence-corrected chi connectivity index (χ4v) is 4.87. The summed E-state index contributed by atoms with van der Waals surface area (Å²) in [4.78, 5) is 10.6. The number of hydrogen-bond acceptors (Lipinski definition) is 2. The van der Waals surface area contributed by atoms with Gasteiger partial charge in [0.05, 0.1) is 0 Å². The Hall–Kier alpha value is -0.680. The Bertz CT molecular complexity index is 423. The van der Waals surface area contributed by atoms with E-state index in [1.54, 1.807) is 11.3 Å². The molecular formula is C11H8IOS+. The summed E-state index contributed by atoms with van der Waals surface area (Å²) in [6.07, 6.45) is 0.904. The Morgan fingerprint density at radius 3 is 2.86 bits per heavy atom. The third-order valence-electron chi connectivity index (χ3n) is 1.67. The summed E-state index contributed by atoms with van der Waals surface area (Å²) in [5.41, 5.74) is 0.777.